The molecule has 6 heteroatoms. The second kappa shape index (κ2) is 7.23. The van der Waals surface area contributed by atoms with Crippen LogP contribution in [-0.4, -0.2) is 35.0 Å². The molecule has 0 aliphatic carbocycles. The number of rotatable bonds is 6. The van der Waals surface area contributed by atoms with Gasteiger partial charge in [0.2, 0.25) is 0 Å². The van der Waals surface area contributed by atoms with Crippen molar-refractivity contribution in [3.05, 3.63) is 17.8 Å². The highest BCUT2D eigenvalue weighted by atomic mass is 32.2. The van der Waals surface area contributed by atoms with Crippen LogP contribution in [0.25, 0.3) is 0 Å². The summed E-state index contributed by atoms with van der Waals surface area (Å²) in [5.74, 6) is 0.414. The highest BCUT2D eigenvalue weighted by Crippen LogP contribution is 2.27. The lowest BCUT2D eigenvalue weighted by Crippen LogP contribution is -2.10. The average Bonchev–Trinajstić information content (AvgIpc) is 2.37. The van der Waals surface area contributed by atoms with E-state index in [1.807, 2.05) is 6.92 Å². The van der Waals surface area contributed by atoms with Crippen molar-refractivity contribution >= 4 is 23.4 Å². The van der Waals surface area contributed by atoms with Gasteiger partial charge in [-0.05, 0) is 18.9 Å². The lowest BCUT2D eigenvalue weighted by Gasteiger charge is -2.10. The first kappa shape index (κ1) is 14.8. The lowest BCUT2D eigenvalue weighted by molar-refractivity contribution is 0.0527. The molecule has 5 nitrogen and oxygen atoms in total. The van der Waals surface area contributed by atoms with Gasteiger partial charge in [0.25, 0.3) is 0 Å². The number of aliphatic hydroxyl groups excluding tert-OH is 1. The molecular formula is C12H18N2O3S. The number of nitrogens with two attached hydrogens (primary N) is 1. The second-order valence-electron chi connectivity index (χ2n) is 3.90. The Morgan fingerprint density at radius 2 is 2.39 bits per heavy atom. The molecule has 0 aliphatic rings. The zero-order valence-corrected chi connectivity index (χ0v) is 11.4. The second-order valence-corrected chi connectivity index (χ2v) is 4.91. The minimum Gasteiger partial charge on any atom is -0.462 e. The van der Waals surface area contributed by atoms with Crippen molar-refractivity contribution in [1.82, 2.24) is 4.98 Å². The molecule has 0 spiro atoms. The Morgan fingerprint density at radius 3 is 3.00 bits per heavy atom. The first-order valence-corrected chi connectivity index (χ1v) is 6.73. The number of esters is 1. The summed E-state index contributed by atoms with van der Waals surface area (Å²) in [7, 11) is 0. The molecule has 0 aliphatic heterocycles. The van der Waals surface area contributed by atoms with E-state index in [-0.39, 0.29) is 12.5 Å². The Kier molecular flexibility index (Phi) is 5.94. The van der Waals surface area contributed by atoms with Crippen molar-refractivity contribution in [2.24, 2.45) is 5.92 Å². The van der Waals surface area contributed by atoms with Crippen LogP contribution in [0.5, 0.6) is 0 Å². The maximum Gasteiger partial charge on any atom is 0.340 e. The largest absolute Gasteiger partial charge is 0.462 e. The number of carbonyl (C=O) groups excluding carboxylic acids is 1. The molecule has 1 unspecified atom stereocenters. The molecule has 0 amide bonds. The van der Waals surface area contributed by atoms with Crippen molar-refractivity contribution in [2.75, 3.05) is 24.7 Å². The van der Waals surface area contributed by atoms with E-state index >= 15 is 0 Å². The van der Waals surface area contributed by atoms with Crippen LogP contribution in [0.3, 0.4) is 0 Å². The summed E-state index contributed by atoms with van der Waals surface area (Å²) < 4.78 is 4.91. The fraction of sp³-hybridized carbons (Fsp3) is 0.500. The topological polar surface area (TPSA) is 85.4 Å². The normalized spacial score (nSPS) is 12.2. The molecule has 1 rings (SSSR count). The van der Waals surface area contributed by atoms with Gasteiger partial charge >= 0.3 is 5.97 Å². The third-order valence-electron chi connectivity index (χ3n) is 2.27. The molecule has 0 bridgehead atoms. The molecule has 3 N–H and O–H groups in total. The first-order chi connectivity index (χ1) is 8.60. The standard InChI is InChI=1S/C12H18N2O3S/c1-3-17-12(16)9-4-5-14-11(10(9)13)18-7-8(2)6-15/h4-5,8,15H,3,6-7,13H2,1-2H3. The molecule has 1 atom stereocenters. The van der Waals surface area contributed by atoms with Gasteiger partial charge in [0, 0.05) is 18.6 Å². The van der Waals surface area contributed by atoms with Gasteiger partial charge in [0.05, 0.1) is 17.9 Å². The number of carbonyl (C=O) groups is 1. The van der Waals surface area contributed by atoms with Gasteiger partial charge in [-0.2, -0.15) is 0 Å². The number of thioether (sulfide) groups is 1. The minimum absolute atomic E-state index is 0.116. The van der Waals surface area contributed by atoms with Crippen LogP contribution in [-0.2, 0) is 4.74 Å². The monoisotopic (exact) mass is 270 g/mol. The van der Waals surface area contributed by atoms with E-state index in [9.17, 15) is 4.79 Å². The smallest absolute Gasteiger partial charge is 0.340 e. The fourth-order valence-corrected chi connectivity index (χ4v) is 2.18. The first-order valence-electron chi connectivity index (χ1n) is 5.75. The van der Waals surface area contributed by atoms with Crippen LogP contribution in [0, 0.1) is 5.92 Å². The van der Waals surface area contributed by atoms with Crippen molar-refractivity contribution in [3.8, 4) is 0 Å². The summed E-state index contributed by atoms with van der Waals surface area (Å²) in [4.78, 5) is 15.8. The van der Waals surface area contributed by atoms with Crippen molar-refractivity contribution in [1.29, 1.82) is 0 Å². The third kappa shape index (κ3) is 3.89. The van der Waals surface area contributed by atoms with E-state index in [0.717, 1.165) is 0 Å². The van der Waals surface area contributed by atoms with E-state index in [0.29, 0.717) is 28.6 Å². The Labute approximate surface area is 111 Å². The van der Waals surface area contributed by atoms with Gasteiger partial charge in [-0.1, -0.05) is 6.92 Å². The molecule has 0 aromatic carbocycles. The number of aromatic nitrogens is 1. The van der Waals surface area contributed by atoms with Crippen LogP contribution < -0.4 is 5.73 Å². The Morgan fingerprint density at radius 1 is 1.67 bits per heavy atom. The number of hydrogen-bond acceptors (Lipinski definition) is 6. The number of ether oxygens (including phenoxy) is 1. The van der Waals surface area contributed by atoms with Gasteiger partial charge in [0.15, 0.2) is 0 Å². The molecule has 1 heterocycles. The molecule has 0 saturated carbocycles. The van der Waals surface area contributed by atoms with Crippen molar-refractivity contribution < 1.29 is 14.6 Å². The highest BCUT2D eigenvalue weighted by molar-refractivity contribution is 7.99. The minimum atomic E-state index is -0.436. The summed E-state index contributed by atoms with van der Waals surface area (Å²) in [5, 5.41) is 9.55. The van der Waals surface area contributed by atoms with Crippen LogP contribution >= 0.6 is 11.8 Å². The summed E-state index contributed by atoms with van der Waals surface area (Å²) >= 11 is 1.43. The predicted molar refractivity (Wildman–Crippen MR) is 71.6 cm³/mol. The van der Waals surface area contributed by atoms with E-state index in [4.69, 9.17) is 15.6 Å². The molecule has 100 valence electrons. The summed E-state index contributed by atoms with van der Waals surface area (Å²) in [5.41, 5.74) is 6.57. The number of hydrogen-bond donors (Lipinski definition) is 2. The van der Waals surface area contributed by atoms with Crippen LogP contribution in [0.2, 0.25) is 0 Å². The molecule has 1 aromatic heterocycles. The summed E-state index contributed by atoms with van der Waals surface area (Å²) in [6.45, 7) is 4.10. The van der Waals surface area contributed by atoms with Crippen LogP contribution in [0.1, 0.15) is 24.2 Å². The van der Waals surface area contributed by atoms with Crippen molar-refractivity contribution in [3.63, 3.8) is 0 Å². The van der Waals surface area contributed by atoms with E-state index in [1.54, 1.807) is 13.0 Å². The van der Waals surface area contributed by atoms with Gasteiger partial charge in [-0.15, -0.1) is 11.8 Å². The number of anilines is 1. The molecule has 0 fully saturated rings. The Bertz CT molecular complexity index is 412. The molecular weight excluding hydrogens is 252 g/mol. The van der Waals surface area contributed by atoms with Gasteiger partial charge in [-0.3, -0.25) is 0 Å². The third-order valence-corrected chi connectivity index (χ3v) is 3.60. The van der Waals surface area contributed by atoms with Crippen LogP contribution in [0.15, 0.2) is 17.3 Å². The quantitative estimate of drug-likeness (QED) is 0.602. The fourth-order valence-electron chi connectivity index (χ4n) is 1.23. The van der Waals surface area contributed by atoms with E-state index < -0.39 is 5.97 Å². The maximum absolute atomic E-state index is 11.6. The Balaban J connectivity index is 2.81. The lowest BCUT2D eigenvalue weighted by atomic mass is 10.2. The summed E-state index contributed by atoms with van der Waals surface area (Å²) in [6, 6.07) is 1.55. The van der Waals surface area contributed by atoms with Gasteiger partial charge in [-0.25, -0.2) is 9.78 Å². The Hall–Kier alpha value is -1.27. The zero-order valence-electron chi connectivity index (χ0n) is 10.5. The molecule has 0 saturated heterocycles. The summed E-state index contributed by atoms with van der Waals surface area (Å²) in [6.07, 6.45) is 1.54. The molecule has 18 heavy (non-hydrogen) atoms. The van der Waals surface area contributed by atoms with Crippen LogP contribution in [0.4, 0.5) is 5.69 Å². The number of nitrogens with zero attached hydrogens (tertiary/aromatic N) is 1. The number of aliphatic hydroxyl groups is 1. The van der Waals surface area contributed by atoms with Gasteiger partial charge < -0.3 is 15.6 Å². The van der Waals surface area contributed by atoms with E-state index in [1.165, 1.54) is 18.0 Å². The van der Waals surface area contributed by atoms with E-state index in [2.05, 4.69) is 4.98 Å². The average molecular weight is 270 g/mol. The SMILES string of the molecule is CCOC(=O)c1ccnc(SCC(C)CO)c1N. The molecule has 1 aromatic rings. The number of nitrogen functional groups attached to an aromatic ring is 1. The maximum atomic E-state index is 11.6. The molecule has 0 radical (unpaired) electrons. The number of pyridine rings is 1. The van der Waals surface area contributed by atoms with Gasteiger partial charge in [0.1, 0.15) is 5.03 Å². The predicted octanol–water partition coefficient (Wildman–Crippen LogP) is 1.56. The zero-order chi connectivity index (χ0) is 13.5. The highest BCUT2D eigenvalue weighted by Gasteiger charge is 2.15. The van der Waals surface area contributed by atoms with Crippen molar-refractivity contribution in [2.45, 2.75) is 18.9 Å².